The topological polar surface area (TPSA) is 48.5 Å². The van der Waals surface area contributed by atoms with Gasteiger partial charge in [-0.15, -0.1) is 0 Å². The lowest BCUT2D eigenvalue weighted by Crippen LogP contribution is -2.76. The number of rotatable bonds is 9. The largest absolute Gasteiger partial charge is 0.309 e. The second kappa shape index (κ2) is 17.6. The van der Waals surface area contributed by atoms with Gasteiger partial charge in [0.25, 0.3) is 0 Å². The monoisotopic (exact) mass is 1050 g/mol. The van der Waals surface area contributed by atoms with Crippen molar-refractivity contribution in [1.82, 2.24) is 24.1 Å². The van der Waals surface area contributed by atoms with Gasteiger partial charge < -0.3 is 4.57 Å². The van der Waals surface area contributed by atoms with E-state index in [2.05, 4.69) is 15.0 Å². The van der Waals surface area contributed by atoms with Crippen molar-refractivity contribution in [3.05, 3.63) is 284 Å². The molecule has 1 aliphatic heterocycles. The van der Waals surface area contributed by atoms with E-state index < -0.39 is 420 Å². The summed E-state index contributed by atoms with van der Waals surface area (Å²) in [5.74, 6) is -4.33. The van der Waals surface area contributed by atoms with E-state index in [1.807, 2.05) is 0 Å². The van der Waals surface area contributed by atoms with E-state index in [-0.39, 0.29) is 0 Å². The molecule has 0 saturated heterocycles. The molecule has 3 aromatic heterocycles. The highest BCUT2D eigenvalue weighted by Gasteiger charge is 2.48. The van der Waals surface area contributed by atoms with Gasteiger partial charge in [0.1, 0.15) is 0 Å². The fourth-order valence-corrected chi connectivity index (χ4v) is 17.4. The Balaban J connectivity index is 1.25. The molecule has 0 saturated carbocycles. The lowest BCUT2D eigenvalue weighted by molar-refractivity contribution is 0.953. The molecule has 4 heterocycles. The van der Waals surface area contributed by atoms with Crippen LogP contribution in [-0.4, -0.2) is 40.2 Å². The van der Waals surface area contributed by atoms with Crippen LogP contribution in [-0.2, 0) is 0 Å². The standard InChI is InChI=1S/C69H47N5Si2/c1-5-26-50(27-6-1)75(51-28-7-2-8-29-51,52-30-9-3-10-31-52)54-34-21-24-48(46-54)67-70-68(72-69(71-67)74-61-41-17-13-36-56(61)57-37-14-18-42-62(57)74)49-25-22-35-55(47-49)76(53-32-11-4-12-33-53)64-44-20-19-43-63(64)73-60-40-16-15-38-58(60)59-39-23-45-65(76)66(59)73/h1-47H/i1D,2D,3D,4D,5D,6D,7D,8D,9D,10D,11D,12D,13D,14D,15D,16D,17D,18D,19D,20D,21D,22D,23D,24D,25D,26D,27D,28D,29D,30D,31D,32D,33D,34D,35D,36D,37D,38D,39D,40D,41D,42D,43D,44D,45D,46D,47D. The number of hydrogen-bond acceptors (Lipinski definition) is 3. The molecule has 0 N–H and O–H groups in total. The highest BCUT2D eigenvalue weighted by Crippen LogP contribution is 2.36. The van der Waals surface area contributed by atoms with Crippen molar-refractivity contribution in [3.8, 4) is 34.4 Å². The first-order valence-electron chi connectivity index (χ1n) is 45.7. The summed E-state index contributed by atoms with van der Waals surface area (Å²) in [6.07, 6.45) is 0. The predicted molar refractivity (Wildman–Crippen MR) is 320 cm³/mol. The minimum Gasteiger partial charge on any atom is -0.309 e. The second-order valence-corrected chi connectivity index (χ2v) is 23.3. The molecular weight excluding hydrogens is 955 g/mol. The van der Waals surface area contributed by atoms with Gasteiger partial charge in [-0.05, 0) is 65.7 Å². The Bertz CT molecular complexity index is 7070. The smallest absolute Gasteiger partial charge is 0.238 e. The van der Waals surface area contributed by atoms with Crippen LogP contribution >= 0.6 is 0 Å². The van der Waals surface area contributed by atoms with Crippen molar-refractivity contribution in [2.45, 2.75) is 0 Å². The highest BCUT2D eigenvalue weighted by molar-refractivity contribution is 7.21. The molecule has 0 fully saturated rings. The van der Waals surface area contributed by atoms with E-state index in [0.717, 1.165) is 4.57 Å². The summed E-state index contributed by atoms with van der Waals surface area (Å²) in [6, 6.07) is -61.6. The Morgan fingerprint density at radius 3 is 1.36 bits per heavy atom. The van der Waals surface area contributed by atoms with E-state index in [4.69, 9.17) is 21.9 Å². The summed E-state index contributed by atoms with van der Waals surface area (Å²) in [5, 5.41) is -13.3. The van der Waals surface area contributed by atoms with E-state index >= 15 is 0 Å². The molecule has 0 radical (unpaired) electrons. The third kappa shape index (κ3) is 6.46. The van der Waals surface area contributed by atoms with Crippen molar-refractivity contribution in [2.75, 3.05) is 0 Å². The number of hydrogen-bond donors (Lipinski definition) is 0. The van der Waals surface area contributed by atoms with E-state index in [1.54, 1.807) is 0 Å². The molecule has 14 aromatic rings. The Labute approximate surface area is 508 Å². The molecule has 15 rings (SSSR count). The summed E-state index contributed by atoms with van der Waals surface area (Å²) in [6.45, 7) is 0. The Hall–Kier alpha value is -9.54. The van der Waals surface area contributed by atoms with Crippen molar-refractivity contribution < 1.29 is 64.4 Å². The maximum absolute atomic E-state index is 11.1. The lowest BCUT2D eigenvalue weighted by Gasteiger charge is -2.39. The summed E-state index contributed by atoms with van der Waals surface area (Å²) in [5.41, 5.74) is -7.32. The van der Waals surface area contributed by atoms with Crippen LogP contribution < -0.4 is 41.5 Å². The number of aromatic nitrogens is 5. The molecule has 0 aliphatic carbocycles. The fourth-order valence-electron chi connectivity index (χ4n) is 9.66. The Kier molecular flexibility index (Phi) is 4.05. The van der Waals surface area contributed by atoms with Crippen molar-refractivity contribution in [3.63, 3.8) is 0 Å². The predicted octanol–water partition coefficient (Wildman–Crippen LogP) is 10.5. The van der Waals surface area contributed by atoms with Crippen LogP contribution in [0.25, 0.3) is 78.0 Å². The molecule has 356 valence electrons. The van der Waals surface area contributed by atoms with Gasteiger partial charge in [0.15, 0.2) is 27.8 Å². The molecule has 0 amide bonds. The van der Waals surface area contributed by atoms with Crippen LogP contribution in [0.15, 0.2) is 284 Å². The van der Waals surface area contributed by atoms with Gasteiger partial charge in [-0.2, -0.15) is 9.97 Å². The van der Waals surface area contributed by atoms with Gasteiger partial charge in [0, 0.05) is 38.4 Å². The first kappa shape index (κ1) is 17.5. The third-order valence-corrected chi connectivity index (χ3v) is 20.9. The zero-order valence-corrected chi connectivity index (χ0v) is 39.7. The van der Waals surface area contributed by atoms with Gasteiger partial charge in [0.05, 0.1) is 86.5 Å². The molecule has 1 atom stereocenters. The summed E-state index contributed by atoms with van der Waals surface area (Å²) in [4.78, 5) is 13.7. The van der Waals surface area contributed by atoms with Gasteiger partial charge in [-0.25, -0.2) is 4.98 Å². The molecule has 1 aliphatic rings. The number of para-hydroxylation sites is 5. The molecule has 5 nitrogen and oxygen atoms in total. The Morgan fingerprint density at radius 1 is 0.329 bits per heavy atom. The van der Waals surface area contributed by atoms with Gasteiger partial charge in [0.2, 0.25) is 5.95 Å². The number of nitrogens with zero attached hydrogens (tertiary/aromatic N) is 5. The molecule has 0 spiro atoms. The third-order valence-electron chi connectivity index (χ3n) is 12.7. The fraction of sp³-hybridized carbons (Fsp3) is 0. The number of fused-ring (bicyclic) bond motifs is 8. The molecule has 0 bridgehead atoms. The SMILES string of the molecule is [2H]c1c([2H])c([2H])c([Si](c2c([2H])c([2H])c([2H])c([2H])c2[2H])(c2c([2H])c([2H])c([2H])c([2H])c2[2H])c2c([2H])c([2H])c([2H])c(-c3nc(-c4c([2H])c([2H])c([2H])c([Si]5(c6c([2H])c([2H])c([2H])c([2H])c6[2H])c6c([2H])c([2H])c([2H])c([2H])c6-n6c7c([2H])c([2H])c([2H])c([2H])c7c7c([2H])c([2H])c([2H])c5c76)c4[2H])nc(-n4c5c([2H])c([2H])c([2H])c([2H])c5c5c([2H])c([2H])c([2H])c([2H])c54)n3)c2[2H])c([2H])c1[2H]. The van der Waals surface area contributed by atoms with E-state index in [1.165, 1.54) is 0 Å². The van der Waals surface area contributed by atoms with Crippen LogP contribution in [0.1, 0.15) is 64.4 Å². The normalized spacial score (nSPS) is 22.8. The minimum atomic E-state index is -6.87. The maximum atomic E-state index is 11.1. The van der Waals surface area contributed by atoms with E-state index in [0.29, 0.717) is 4.57 Å². The Morgan fingerprint density at radius 2 is 0.750 bits per heavy atom. The van der Waals surface area contributed by atoms with Crippen LogP contribution in [0.4, 0.5) is 0 Å². The zero-order valence-electron chi connectivity index (χ0n) is 84.7. The first-order valence-corrected chi connectivity index (χ1v) is 26.2. The average Bonchev–Trinajstić information content (AvgIpc) is 1.60. The van der Waals surface area contributed by atoms with Gasteiger partial charge >= 0.3 is 0 Å². The highest BCUT2D eigenvalue weighted by atomic mass is 28.3. The first-order chi connectivity index (χ1) is 57.2. The zero-order chi connectivity index (χ0) is 91.1. The van der Waals surface area contributed by atoms with E-state index in [9.17, 15) is 42.5 Å². The molecule has 76 heavy (non-hydrogen) atoms. The molecular formula is C69H47N5Si2. The summed E-state index contributed by atoms with van der Waals surface area (Å²) in [7, 11) is -13.6. The van der Waals surface area contributed by atoms with Crippen molar-refractivity contribution in [2.24, 2.45) is 0 Å². The molecule has 1 unspecified atom stereocenters. The van der Waals surface area contributed by atoms with Crippen LogP contribution in [0.3, 0.4) is 0 Å². The van der Waals surface area contributed by atoms with Crippen LogP contribution in [0.2, 0.25) is 0 Å². The second-order valence-electron chi connectivity index (χ2n) is 16.3. The molecule has 11 aromatic carbocycles. The van der Waals surface area contributed by atoms with Gasteiger partial charge in [-0.3, -0.25) is 4.57 Å². The van der Waals surface area contributed by atoms with Gasteiger partial charge in [-0.1, -0.05) is 260 Å². The summed E-state index contributed by atoms with van der Waals surface area (Å²) >= 11 is 0. The van der Waals surface area contributed by atoms with Crippen molar-refractivity contribution >= 4 is 101 Å². The van der Waals surface area contributed by atoms with Crippen LogP contribution in [0.5, 0.6) is 0 Å². The quantitative estimate of drug-likeness (QED) is 0.107. The maximum Gasteiger partial charge on any atom is 0.238 e. The summed E-state index contributed by atoms with van der Waals surface area (Å²) < 4.78 is 451. The molecule has 7 heteroatoms. The van der Waals surface area contributed by atoms with Crippen molar-refractivity contribution in [1.29, 1.82) is 0 Å². The minimum absolute atomic E-state index is 0.478. The van der Waals surface area contributed by atoms with Crippen LogP contribution in [0, 0.1) is 0 Å². The average molecular weight is 1050 g/mol. The lowest BCUT2D eigenvalue weighted by atomic mass is 10.1. The number of benzene rings is 11.